The lowest BCUT2D eigenvalue weighted by Gasteiger charge is -2.15. The van der Waals surface area contributed by atoms with Crippen LogP contribution in [0.4, 0.5) is 8.78 Å². The van der Waals surface area contributed by atoms with Crippen molar-refractivity contribution in [3.05, 3.63) is 39.3 Å². The molecule has 4 N–H and O–H groups in total. The minimum Gasteiger partial charge on any atom is -0.394 e. The quantitative estimate of drug-likeness (QED) is 0.561. The van der Waals surface area contributed by atoms with E-state index in [1.165, 1.54) is 6.92 Å². The number of aromatic amines is 1. The summed E-state index contributed by atoms with van der Waals surface area (Å²) >= 11 is 0. The van der Waals surface area contributed by atoms with Crippen molar-refractivity contribution < 1.29 is 28.8 Å². The van der Waals surface area contributed by atoms with Crippen LogP contribution >= 0.6 is 0 Å². The number of halogens is 2. The minimum atomic E-state index is -1.47. The van der Waals surface area contributed by atoms with Crippen molar-refractivity contribution in [2.45, 2.75) is 31.3 Å². The van der Waals surface area contributed by atoms with Crippen LogP contribution in [0.1, 0.15) is 17.2 Å². The predicted octanol–water partition coefficient (Wildman–Crippen LogP) is -0.336. The summed E-state index contributed by atoms with van der Waals surface area (Å²) in [6.45, 7) is 0.648. The van der Waals surface area contributed by atoms with Gasteiger partial charge in [0.15, 0.2) is 0 Å². The molecule has 3 rings (SSSR count). The number of aromatic nitrogens is 2. The smallest absolute Gasteiger partial charge is 0.255 e. The third-order valence-electron chi connectivity index (χ3n) is 3.98. The maximum absolute atomic E-state index is 14.2. The van der Waals surface area contributed by atoms with E-state index in [2.05, 4.69) is 9.97 Å². The van der Waals surface area contributed by atoms with E-state index < -0.39 is 48.3 Å². The summed E-state index contributed by atoms with van der Waals surface area (Å²) in [4.78, 5) is 17.8. The molecular formula is C14H14F2N2O5. The highest BCUT2D eigenvalue weighted by molar-refractivity contribution is 5.76. The van der Waals surface area contributed by atoms with Gasteiger partial charge in [0.25, 0.3) is 5.56 Å². The molecule has 0 radical (unpaired) electrons. The van der Waals surface area contributed by atoms with Crippen LogP contribution in [-0.4, -0.2) is 50.2 Å². The number of hydrogen-bond donors (Lipinski definition) is 4. The molecule has 2 aromatic rings. The van der Waals surface area contributed by atoms with Gasteiger partial charge in [0.1, 0.15) is 35.9 Å². The standard InChI is InChI=1S/C14H14F2N2O5/c1-4-8(15)5-2-6(14(22)18-13(5)17-12(4)16)11-10(21)9(20)7(3-19)23-11/h2,7,9-11,19-21H,3H2,1H3,(H,17,18,22)/t7-,9?,10?,11+/m1/s1. The second-order valence-electron chi connectivity index (χ2n) is 5.42. The number of nitrogens with zero attached hydrogens (tertiary/aromatic N) is 1. The number of rotatable bonds is 2. The molecule has 0 aliphatic carbocycles. The molecule has 1 aliphatic rings. The van der Waals surface area contributed by atoms with Crippen LogP contribution in [0, 0.1) is 18.7 Å². The van der Waals surface area contributed by atoms with E-state index in [1.807, 2.05) is 0 Å². The monoisotopic (exact) mass is 328 g/mol. The topological polar surface area (TPSA) is 116 Å². The van der Waals surface area contributed by atoms with Crippen molar-refractivity contribution in [1.82, 2.24) is 9.97 Å². The van der Waals surface area contributed by atoms with Gasteiger partial charge in [-0.1, -0.05) is 0 Å². The average Bonchev–Trinajstić information content (AvgIpc) is 2.80. The Morgan fingerprint density at radius 3 is 2.65 bits per heavy atom. The summed E-state index contributed by atoms with van der Waals surface area (Å²) in [5, 5.41) is 28.6. The Balaban J connectivity index is 2.16. The van der Waals surface area contributed by atoms with Gasteiger partial charge < -0.3 is 25.0 Å². The predicted molar refractivity (Wildman–Crippen MR) is 73.7 cm³/mol. The first-order valence-electron chi connectivity index (χ1n) is 6.86. The van der Waals surface area contributed by atoms with Gasteiger partial charge in [-0.3, -0.25) is 4.79 Å². The lowest BCUT2D eigenvalue weighted by molar-refractivity contribution is -0.0231. The molecule has 0 saturated carbocycles. The molecule has 124 valence electrons. The number of H-pyrrole nitrogens is 1. The molecule has 1 saturated heterocycles. The molecule has 23 heavy (non-hydrogen) atoms. The number of aliphatic hydroxyl groups excluding tert-OH is 3. The Morgan fingerprint density at radius 1 is 1.35 bits per heavy atom. The van der Waals surface area contributed by atoms with Gasteiger partial charge in [-0.25, -0.2) is 9.37 Å². The number of aliphatic hydroxyl groups is 3. The molecule has 7 nitrogen and oxygen atoms in total. The van der Waals surface area contributed by atoms with Crippen LogP contribution in [0.3, 0.4) is 0 Å². The van der Waals surface area contributed by atoms with E-state index in [9.17, 15) is 23.8 Å². The molecule has 0 aromatic carbocycles. The maximum Gasteiger partial charge on any atom is 0.255 e. The van der Waals surface area contributed by atoms with Crippen molar-refractivity contribution >= 4 is 11.0 Å². The van der Waals surface area contributed by atoms with Crippen LogP contribution in [0.2, 0.25) is 0 Å². The van der Waals surface area contributed by atoms with E-state index in [4.69, 9.17) is 9.84 Å². The molecule has 0 bridgehead atoms. The van der Waals surface area contributed by atoms with Crippen molar-refractivity contribution in [1.29, 1.82) is 0 Å². The molecule has 1 fully saturated rings. The van der Waals surface area contributed by atoms with Gasteiger partial charge in [0.05, 0.1) is 12.0 Å². The highest BCUT2D eigenvalue weighted by atomic mass is 19.1. The second-order valence-corrected chi connectivity index (χ2v) is 5.42. The molecule has 0 spiro atoms. The SMILES string of the molecule is Cc1c(F)nc2[nH]c(=O)c([C@@H]3O[C@H](CO)C(O)C3O)cc2c1F. The summed E-state index contributed by atoms with van der Waals surface area (Å²) in [5.74, 6) is -1.93. The number of hydrogen-bond acceptors (Lipinski definition) is 6. The molecule has 2 unspecified atom stereocenters. The first-order chi connectivity index (χ1) is 10.8. The fraction of sp³-hybridized carbons (Fsp3) is 0.429. The van der Waals surface area contributed by atoms with Crippen molar-refractivity contribution in [3.8, 4) is 0 Å². The van der Waals surface area contributed by atoms with Gasteiger partial charge in [-0.2, -0.15) is 4.39 Å². The number of fused-ring (bicyclic) bond motifs is 1. The Kier molecular flexibility index (Phi) is 3.88. The summed E-state index contributed by atoms with van der Waals surface area (Å²) in [7, 11) is 0. The summed E-state index contributed by atoms with van der Waals surface area (Å²) in [6.07, 6.45) is -5.18. The highest BCUT2D eigenvalue weighted by Crippen LogP contribution is 2.33. The zero-order valence-corrected chi connectivity index (χ0v) is 12.0. The molecule has 1 aliphatic heterocycles. The fourth-order valence-corrected chi connectivity index (χ4v) is 2.63. The zero-order chi connectivity index (χ0) is 16.9. The first kappa shape index (κ1) is 15.9. The van der Waals surface area contributed by atoms with Gasteiger partial charge >= 0.3 is 0 Å². The van der Waals surface area contributed by atoms with Crippen molar-refractivity contribution in [2.75, 3.05) is 6.61 Å². The average molecular weight is 328 g/mol. The molecule has 0 amide bonds. The summed E-state index contributed by atoms with van der Waals surface area (Å²) in [6, 6.07) is 1.10. The third-order valence-corrected chi connectivity index (χ3v) is 3.98. The number of ether oxygens (including phenoxy) is 1. The van der Waals surface area contributed by atoms with E-state index in [-0.39, 0.29) is 22.2 Å². The van der Waals surface area contributed by atoms with E-state index >= 15 is 0 Å². The third kappa shape index (κ3) is 2.41. The largest absolute Gasteiger partial charge is 0.394 e. The summed E-state index contributed by atoms with van der Waals surface area (Å²) < 4.78 is 32.9. The second kappa shape index (κ2) is 5.60. The maximum atomic E-state index is 14.2. The molecule has 2 aromatic heterocycles. The Morgan fingerprint density at radius 2 is 2.04 bits per heavy atom. The first-order valence-corrected chi connectivity index (χ1v) is 6.86. The van der Waals surface area contributed by atoms with Crippen molar-refractivity contribution in [2.24, 2.45) is 0 Å². The van der Waals surface area contributed by atoms with Crippen LogP contribution in [-0.2, 0) is 4.74 Å². The normalized spacial score (nSPS) is 27.7. The summed E-state index contributed by atoms with van der Waals surface area (Å²) in [5.41, 5.74) is -1.49. The van der Waals surface area contributed by atoms with Crippen LogP contribution in [0.15, 0.2) is 10.9 Å². The van der Waals surface area contributed by atoms with Crippen LogP contribution in [0.25, 0.3) is 11.0 Å². The number of nitrogens with one attached hydrogen (secondary N) is 1. The van der Waals surface area contributed by atoms with E-state index in [0.717, 1.165) is 6.07 Å². The lowest BCUT2D eigenvalue weighted by Crippen LogP contribution is -2.33. The Hall–Kier alpha value is -1.94. The van der Waals surface area contributed by atoms with Crippen molar-refractivity contribution in [3.63, 3.8) is 0 Å². The molecular weight excluding hydrogens is 314 g/mol. The van der Waals surface area contributed by atoms with Gasteiger partial charge in [-0.15, -0.1) is 0 Å². The minimum absolute atomic E-state index is 0.142. The van der Waals surface area contributed by atoms with Crippen LogP contribution < -0.4 is 5.56 Å². The Bertz CT molecular complexity index is 825. The molecule has 3 heterocycles. The lowest BCUT2D eigenvalue weighted by atomic mass is 10.0. The van der Waals surface area contributed by atoms with E-state index in [0.29, 0.717) is 0 Å². The van der Waals surface area contributed by atoms with Gasteiger partial charge in [-0.05, 0) is 13.0 Å². The Labute approximate surface area is 128 Å². The zero-order valence-electron chi connectivity index (χ0n) is 12.0. The fourth-order valence-electron chi connectivity index (χ4n) is 2.63. The van der Waals surface area contributed by atoms with Crippen LogP contribution in [0.5, 0.6) is 0 Å². The van der Waals surface area contributed by atoms with Gasteiger partial charge in [0.2, 0.25) is 5.95 Å². The highest BCUT2D eigenvalue weighted by Gasteiger charge is 2.44. The number of pyridine rings is 2. The molecule has 4 atom stereocenters. The van der Waals surface area contributed by atoms with E-state index in [1.54, 1.807) is 0 Å². The van der Waals surface area contributed by atoms with Gasteiger partial charge in [0, 0.05) is 11.1 Å². The molecule has 9 heteroatoms.